The van der Waals surface area contributed by atoms with E-state index in [1.165, 1.54) is 0 Å². The highest BCUT2D eigenvalue weighted by molar-refractivity contribution is 14.0. The molecule has 30 heavy (non-hydrogen) atoms. The zero-order valence-corrected chi connectivity index (χ0v) is 21.3. The molecule has 0 radical (unpaired) electrons. The van der Waals surface area contributed by atoms with Crippen LogP contribution in [0.2, 0.25) is 0 Å². The van der Waals surface area contributed by atoms with Crippen LogP contribution in [-0.2, 0) is 11.3 Å². The predicted molar refractivity (Wildman–Crippen MR) is 131 cm³/mol. The van der Waals surface area contributed by atoms with Crippen LogP contribution in [0, 0.1) is 0 Å². The standard InChI is InChI=1S/C21H35N5O3.HI/c1-21(2,3)24-19(27)14-23-20(22-4)26-11-9-25(10-12-26)15-16-13-17(28-5)7-8-18(16)29-6;/h7-8,13H,9-12,14-15H2,1-6H3,(H,22,23)(H,24,27);1H. The smallest absolute Gasteiger partial charge is 0.239 e. The largest absolute Gasteiger partial charge is 0.497 e. The number of rotatable bonds is 6. The number of aliphatic imine (C=N–C) groups is 1. The fourth-order valence-electron chi connectivity index (χ4n) is 3.32. The number of hydrogen-bond donors (Lipinski definition) is 2. The number of benzene rings is 1. The van der Waals surface area contributed by atoms with Crippen LogP contribution in [0.3, 0.4) is 0 Å². The van der Waals surface area contributed by atoms with E-state index in [0.717, 1.165) is 55.7 Å². The van der Waals surface area contributed by atoms with Crippen LogP contribution in [0.25, 0.3) is 0 Å². The van der Waals surface area contributed by atoms with Gasteiger partial charge in [-0.05, 0) is 39.0 Å². The molecule has 1 saturated heterocycles. The van der Waals surface area contributed by atoms with Gasteiger partial charge in [0, 0.05) is 50.9 Å². The van der Waals surface area contributed by atoms with E-state index in [2.05, 4.69) is 25.4 Å². The number of guanidine groups is 1. The molecule has 0 spiro atoms. The molecule has 1 fully saturated rings. The first-order chi connectivity index (χ1) is 13.8. The Balaban J connectivity index is 0.00000450. The van der Waals surface area contributed by atoms with Crippen LogP contribution in [-0.4, -0.2) is 81.2 Å². The molecule has 1 amide bonds. The van der Waals surface area contributed by atoms with Crippen molar-refractivity contribution in [3.8, 4) is 11.5 Å². The van der Waals surface area contributed by atoms with E-state index in [1.54, 1.807) is 21.3 Å². The Morgan fingerprint density at radius 2 is 1.80 bits per heavy atom. The molecule has 1 aromatic rings. The molecule has 1 aromatic carbocycles. The summed E-state index contributed by atoms with van der Waals surface area (Å²) in [5, 5.41) is 6.12. The number of halogens is 1. The average Bonchev–Trinajstić information content (AvgIpc) is 2.68. The molecule has 0 bridgehead atoms. The first-order valence-electron chi connectivity index (χ1n) is 9.95. The minimum absolute atomic E-state index is 0. The maximum absolute atomic E-state index is 12.1. The molecule has 1 aliphatic heterocycles. The first kappa shape index (κ1) is 26.3. The van der Waals surface area contributed by atoms with Gasteiger partial charge in [0.1, 0.15) is 11.5 Å². The molecule has 0 aliphatic carbocycles. The van der Waals surface area contributed by atoms with Crippen molar-refractivity contribution in [1.29, 1.82) is 0 Å². The van der Waals surface area contributed by atoms with Gasteiger partial charge in [-0.15, -0.1) is 24.0 Å². The quantitative estimate of drug-likeness (QED) is 0.331. The number of nitrogens with zero attached hydrogens (tertiary/aromatic N) is 3. The summed E-state index contributed by atoms with van der Waals surface area (Å²) in [6.07, 6.45) is 0. The van der Waals surface area contributed by atoms with Crippen molar-refractivity contribution in [3.63, 3.8) is 0 Å². The van der Waals surface area contributed by atoms with Crippen molar-refractivity contribution in [1.82, 2.24) is 20.4 Å². The molecule has 0 aromatic heterocycles. The number of nitrogens with one attached hydrogen (secondary N) is 2. The third-order valence-electron chi connectivity index (χ3n) is 4.69. The number of piperazine rings is 1. The maximum Gasteiger partial charge on any atom is 0.239 e. The SMILES string of the molecule is CN=C(NCC(=O)NC(C)(C)C)N1CCN(Cc2cc(OC)ccc2OC)CC1.I. The van der Waals surface area contributed by atoms with Crippen molar-refractivity contribution in [2.45, 2.75) is 32.9 Å². The normalized spacial score (nSPS) is 15.3. The summed E-state index contributed by atoms with van der Waals surface area (Å²) in [6.45, 7) is 10.4. The van der Waals surface area contributed by atoms with E-state index in [9.17, 15) is 4.79 Å². The molecule has 2 rings (SSSR count). The summed E-state index contributed by atoms with van der Waals surface area (Å²) in [5.41, 5.74) is 0.872. The summed E-state index contributed by atoms with van der Waals surface area (Å²) < 4.78 is 10.8. The van der Waals surface area contributed by atoms with Gasteiger partial charge >= 0.3 is 0 Å². The molecular weight excluding hydrogens is 497 g/mol. The Kier molecular flexibility index (Phi) is 10.7. The van der Waals surface area contributed by atoms with Crippen molar-refractivity contribution in [2.24, 2.45) is 4.99 Å². The molecule has 8 nitrogen and oxygen atoms in total. The van der Waals surface area contributed by atoms with Gasteiger partial charge in [0.25, 0.3) is 0 Å². The zero-order chi connectivity index (χ0) is 21.4. The van der Waals surface area contributed by atoms with E-state index in [1.807, 2.05) is 39.0 Å². The minimum atomic E-state index is -0.241. The number of amides is 1. The van der Waals surface area contributed by atoms with Gasteiger partial charge < -0.3 is 25.0 Å². The highest BCUT2D eigenvalue weighted by Gasteiger charge is 2.21. The van der Waals surface area contributed by atoms with Crippen LogP contribution in [0.15, 0.2) is 23.2 Å². The molecule has 0 unspecified atom stereocenters. The van der Waals surface area contributed by atoms with Gasteiger partial charge in [0.2, 0.25) is 5.91 Å². The summed E-state index contributed by atoms with van der Waals surface area (Å²) in [7, 11) is 5.11. The summed E-state index contributed by atoms with van der Waals surface area (Å²) >= 11 is 0. The molecule has 0 atom stereocenters. The molecule has 9 heteroatoms. The van der Waals surface area contributed by atoms with Crippen molar-refractivity contribution in [2.75, 3.05) is 54.0 Å². The number of ether oxygens (including phenoxy) is 2. The predicted octanol–water partition coefficient (Wildman–Crippen LogP) is 1.93. The lowest BCUT2D eigenvalue weighted by Crippen LogP contribution is -2.54. The van der Waals surface area contributed by atoms with Crippen LogP contribution in [0.5, 0.6) is 11.5 Å². The lowest BCUT2D eigenvalue weighted by atomic mass is 10.1. The van der Waals surface area contributed by atoms with Crippen LogP contribution < -0.4 is 20.1 Å². The highest BCUT2D eigenvalue weighted by atomic mass is 127. The molecule has 170 valence electrons. The Labute approximate surface area is 197 Å². The van der Waals surface area contributed by atoms with Gasteiger partial charge in [-0.3, -0.25) is 14.7 Å². The van der Waals surface area contributed by atoms with Gasteiger partial charge in [-0.25, -0.2) is 0 Å². The second-order valence-electron chi connectivity index (χ2n) is 8.14. The molecule has 0 saturated carbocycles. The van der Waals surface area contributed by atoms with E-state index in [-0.39, 0.29) is 42.0 Å². The first-order valence-corrected chi connectivity index (χ1v) is 9.95. The second-order valence-corrected chi connectivity index (χ2v) is 8.14. The fourth-order valence-corrected chi connectivity index (χ4v) is 3.32. The molecule has 2 N–H and O–H groups in total. The zero-order valence-electron chi connectivity index (χ0n) is 18.9. The monoisotopic (exact) mass is 533 g/mol. The number of carbonyl (C=O) groups excluding carboxylic acids is 1. The Morgan fingerprint density at radius 3 is 2.33 bits per heavy atom. The highest BCUT2D eigenvalue weighted by Crippen LogP contribution is 2.25. The van der Waals surface area contributed by atoms with Gasteiger partial charge in [0.15, 0.2) is 5.96 Å². The molecular formula is C21H36IN5O3. The van der Waals surface area contributed by atoms with Gasteiger partial charge in [0.05, 0.1) is 20.8 Å². The Hall–Kier alpha value is -1.75. The third kappa shape index (κ3) is 8.17. The summed E-state index contributed by atoms with van der Waals surface area (Å²) in [5.74, 6) is 2.42. The molecule has 1 aliphatic rings. The van der Waals surface area contributed by atoms with E-state index in [0.29, 0.717) is 0 Å². The topological polar surface area (TPSA) is 78.4 Å². The van der Waals surface area contributed by atoms with Crippen molar-refractivity contribution >= 4 is 35.8 Å². The van der Waals surface area contributed by atoms with Crippen molar-refractivity contribution < 1.29 is 14.3 Å². The van der Waals surface area contributed by atoms with Crippen LogP contribution in [0.4, 0.5) is 0 Å². The van der Waals surface area contributed by atoms with E-state index >= 15 is 0 Å². The molecule has 1 heterocycles. The Morgan fingerprint density at radius 1 is 1.13 bits per heavy atom. The van der Waals surface area contributed by atoms with Crippen LogP contribution >= 0.6 is 24.0 Å². The van der Waals surface area contributed by atoms with E-state index < -0.39 is 0 Å². The lowest BCUT2D eigenvalue weighted by Gasteiger charge is -2.36. The lowest BCUT2D eigenvalue weighted by molar-refractivity contribution is -0.121. The number of methoxy groups -OCH3 is 2. The van der Waals surface area contributed by atoms with E-state index in [4.69, 9.17) is 9.47 Å². The van der Waals surface area contributed by atoms with Gasteiger partial charge in [-0.2, -0.15) is 0 Å². The van der Waals surface area contributed by atoms with Gasteiger partial charge in [-0.1, -0.05) is 0 Å². The minimum Gasteiger partial charge on any atom is -0.497 e. The third-order valence-corrected chi connectivity index (χ3v) is 4.69. The van der Waals surface area contributed by atoms with Crippen molar-refractivity contribution in [3.05, 3.63) is 23.8 Å². The number of hydrogen-bond acceptors (Lipinski definition) is 5. The average molecular weight is 533 g/mol. The summed E-state index contributed by atoms with van der Waals surface area (Å²) in [4.78, 5) is 21.0. The summed E-state index contributed by atoms with van der Waals surface area (Å²) in [6, 6.07) is 5.88. The second kappa shape index (κ2) is 12.2. The number of carbonyl (C=O) groups is 1. The van der Waals surface area contributed by atoms with Crippen LogP contribution in [0.1, 0.15) is 26.3 Å². The fraction of sp³-hybridized carbons (Fsp3) is 0.619. The maximum atomic E-state index is 12.1. The Bertz CT molecular complexity index is 713.